The Morgan fingerprint density at radius 3 is 1.07 bits per heavy atom. The fourth-order valence-electron chi connectivity index (χ4n) is 5.19. The zero-order chi connectivity index (χ0) is 29.2. The summed E-state index contributed by atoms with van der Waals surface area (Å²) in [6.07, 6.45) is 45.6. The fourth-order valence-corrected chi connectivity index (χ4v) is 6.38. The molecule has 0 atom stereocenters. The molecule has 0 aliphatic rings. The van der Waals surface area contributed by atoms with Crippen molar-refractivity contribution in [3.8, 4) is 0 Å². The van der Waals surface area contributed by atoms with Crippen molar-refractivity contribution in [1.82, 2.24) is 0 Å². The largest absolute Gasteiger partial charge is 0.406 e. The Balaban J connectivity index is 3.35. The molecule has 0 bridgehead atoms. The molecule has 0 unspecified atom stereocenters. The predicted octanol–water partition coefficient (Wildman–Crippen LogP) is 12.8. The second-order valence-corrected chi connectivity index (χ2v) is 14.1. The van der Waals surface area contributed by atoms with Crippen molar-refractivity contribution >= 4 is 7.94 Å². The topological polar surface area (TPSA) is 49.7 Å². The fraction of sp³-hybridized carbons (Fsp3) is 0.889. The summed E-state index contributed by atoms with van der Waals surface area (Å²) in [7, 11) is -3.14. The number of hydrogen-bond donors (Lipinski definition) is 2. The van der Waals surface area contributed by atoms with Crippen molar-refractivity contribution < 1.29 is 14.3 Å². The van der Waals surface area contributed by atoms with Crippen molar-refractivity contribution in [3.63, 3.8) is 0 Å². The van der Waals surface area contributed by atoms with E-state index in [1.807, 2.05) is 0 Å². The molecule has 2 N–H and O–H groups in total. The van der Waals surface area contributed by atoms with Crippen molar-refractivity contribution in [2.75, 3.05) is 12.8 Å². The van der Waals surface area contributed by atoms with Crippen molar-refractivity contribution in [3.05, 3.63) is 24.3 Å². The molecular formula is C36H72O3P+. The lowest BCUT2D eigenvalue weighted by Gasteiger charge is -2.11. The van der Waals surface area contributed by atoms with Crippen molar-refractivity contribution in [2.45, 2.75) is 194 Å². The van der Waals surface area contributed by atoms with Crippen LogP contribution in [0.15, 0.2) is 24.3 Å². The highest BCUT2D eigenvalue weighted by Crippen LogP contribution is 2.52. The molecule has 0 fully saturated rings. The van der Waals surface area contributed by atoms with Crippen LogP contribution in [0, 0.1) is 0 Å². The zero-order valence-corrected chi connectivity index (χ0v) is 28.2. The quantitative estimate of drug-likeness (QED) is 0.0459. The molecule has 0 saturated carbocycles. The van der Waals surface area contributed by atoms with E-state index in [4.69, 9.17) is 4.52 Å². The van der Waals surface area contributed by atoms with E-state index in [2.05, 4.69) is 38.2 Å². The van der Waals surface area contributed by atoms with Crippen LogP contribution >= 0.6 is 7.94 Å². The third-order valence-electron chi connectivity index (χ3n) is 7.92. The van der Waals surface area contributed by atoms with Gasteiger partial charge in [-0.2, -0.15) is 14.3 Å². The minimum Gasteiger partial charge on any atom is -0.193 e. The van der Waals surface area contributed by atoms with Crippen molar-refractivity contribution in [1.29, 1.82) is 0 Å². The van der Waals surface area contributed by atoms with Gasteiger partial charge in [0.2, 0.25) is 0 Å². The minimum atomic E-state index is -3.14. The normalized spacial score (nSPS) is 12.4. The molecule has 0 aliphatic heterocycles. The first-order valence-corrected chi connectivity index (χ1v) is 19.7. The zero-order valence-electron chi connectivity index (χ0n) is 27.3. The van der Waals surface area contributed by atoms with E-state index in [0.717, 1.165) is 25.7 Å². The summed E-state index contributed by atoms with van der Waals surface area (Å²) in [5.41, 5.74) is 0. The molecule has 0 spiro atoms. The van der Waals surface area contributed by atoms with E-state index >= 15 is 0 Å². The summed E-state index contributed by atoms with van der Waals surface area (Å²) >= 11 is 0. The number of rotatable bonds is 33. The van der Waals surface area contributed by atoms with E-state index in [0.29, 0.717) is 12.8 Å². The van der Waals surface area contributed by atoms with Gasteiger partial charge in [0.05, 0.1) is 6.61 Å². The van der Waals surface area contributed by atoms with Crippen LogP contribution < -0.4 is 0 Å². The molecule has 0 rings (SSSR count). The summed E-state index contributed by atoms with van der Waals surface area (Å²) < 4.78 is 5.48. The van der Waals surface area contributed by atoms with Gasteiger partial charge in [0.1, 0.15) is 6.16 Å². The van der Waals surface area contributed by atoms with Crippen molar-refractivity contribution in [2.24, 2.45) is 0 Å². The van der Waals surface area contributed by atoms with Crippen LogP contribution in [0.1, 0.15) is 194 Å². The highest BCUT2D eigenvalue weighted by Gasteiger charge is 2.34. The molecule has 238 valence electrons. The molecule has 40 heavy (non-hydrogen) atoms. The molecule has 4 heteroatoms. The van der Waals surface area contributed by atoms with E-state index in [-0.39, 0.29) is 0 Å². The van der Waals surface area contributed by atoms with Gasteiger partial charge in [-0.1, -0.05) is 147 Å². The van der Waals surface area contributed by atoms with Gasteiger partial charge in [-0.25, -0.2) is 0 Å². The summed E-state index contributed by atoms with van der Waals surface area (Å²) in [4.78, 5) is 20.4. The molecule has 0 saturated heterocycles. The SMILES string of the molecule is CCCCCCCCC=CCCCCCCCCO[P+](O)(O)CCCCCCCCC=CCCCCCCCC. The molecule has 0 radical (unpaired) electrons. The molecule has 0 heterocycles. The molecule has 0 aromatic rings. The van der Waals surface area contributed by atoms with Gasteiger partial charge in [0, 0.05) is 0 Å². The van der Waals surface area contributed by atoms with Crippen LogP contribution in [-0.4, -0.2) is 22.6 Å². The van der Waals surface area contributed by atoms with E-state index in [1.165, 1.54) is 154 Å². The minimum absolute atomic E-state index is 0.431. The lowest BCUT2D eigenvalue weighted by atomic mass is 10.1. The predicted molar refractivity (Wildman–Crippen MR) is 181 cm³/mol. The lowest BCUT2D eigenvalue weighted by molar-refractivity contribution is 0.222. The van der Waals surface area contributed by atoms with Crippen LogP contribution in [0.2, 0.25) is 0 Å². The maximum absolute atomic E-state index is 10.2. The van der Waals surface area contributed by atoms with Crippen LogP contribution in [-0.2, 0) is 4.52 Å². The molecule has 0 aromatic carbocycles. The van der Waals surface area contributed by atoms with Gasteiger partial charge in [0.25, 0.3) is 0 Å². The van der Waals surface area contributed by atoms with Gasteiger partial charge >= 0.3 is 7.94 Å². The Morgan fingerprint density at radius 2 is 0.700 bits per heavy atom. The Bertz CT molecular complexity index is 532. The van der Waals surface area contributed by atoms with E-state index in [9.17, 15) is 9.79 Å². The molecule has 0 aromatic heterocycles. The average molecular weight is 584 g/mol. The highest BCUT2D eigenvalue weighted by molar-refractivity contribution is 7.59. The summed E-state index contributed by atoms with van der Waals surface area (Å²) in [6.45, 7) is 5.04. The molecule has 0 aliphatic carbocycles. The smallest absolute Gasteiger partial charge is 0.193 e. The van der Waals surface area contributed by atoms with Crippen LogP contribution in [0.3, 0.4) is 0 Å². The van der Waals surface area contributed by atoms with E-state index < -0.39 is 7.94 Å². The Kier molecular flexibility index (Phi) is 33.1. The summed E-state index contributed by atoms with van der Waals surface area (Å²) in [5.74, 6) is 0. The summed E-state index contributed by atoms with van der Waals surface area (Å²) in [6, 6.07) is 0. The standard InChI is InChI=1S/C36H72O3P/c1-3-5-7-9-11-13-15-17-19-21-23-25-27-29-31-33-35-39-40(37,38)36-34-32-30-28-26-24-22-20-18-16-14-12-10-8-6-4-2/h17-20,37-38H,3-16,21-36H2,1-2H3/q+1. The summed E-state index contributed by atoms with van der Waals surface area (Å²) in [5, 5.41) is 0. The third-order valence-corrected chi connectivity index (χ3v) is 9.41. The van der Waals surface area contributed by atoms with Gasteiger partial charge in [-0.05, 0) is 70.6 Å². The van der Waals surface area contributed by atoms with Gasteiger partial charge in [-0.15, -0.1) is 0 Å². The number of allylic oxidation sites excluding steroid dienone is 4. The first-order valence-electron chi connectivity index (χ1n) is 17.9. The van der Waals surface area contributed by atoms with Crippen LogP contribution in [0.25, 0.3) is 0 Å². The Labute approximate surface area is 252 Å². The number of hydrogen-bond acceptors (Lipinski definition) is 3. The Hall–Kier alpha value is -0.210. The molecule has 0 amide bonds. The number of unbranched alkanes of at least 4 members (excludes halogenated alkanes) is 24. The lowest BCUT2D eigenvalue weighted by Crippen LogP contribution is -2.03. The van der Waals surface area contributed by atoms with Gasteiger partial charge < -0.3 is 0 Å². The monoisotopic (exact) mass is 584 g/mol. The van der Waals surface area contributed by atoms with E-state index in [1.54, 1.807) is 0 Å². The molecule has 3 nitrogen and oxygen atoms in total. The van der Waals surface area contributed by atoms with Gasteiger partial charge in [0.15, 0.2) is 0 Å². The third kappa shape index (κ3) is 34.0. The average Bonchev–Trinajstić information content (AvgIpc) is 2.94. The highest BCUT2D eigenvalue weighted by atomic mass is 31.2. The van der Waals surface area contributed by atoms with Crippen LogP contribution in [0.4, 0.5) is 0 Å². The maximum Gasteiger partial charge on any atom is 0.406 e. The van der Waals surface area contributed by atoms with Gasteiger partial charge in [-0.3, -0.25) is 0 Å². The second-order valence-electron chi connectivity index (χ2n) is 12.1. The second kappa shape index (κ2) is 33.3. The Morgan fingerprint density at radius 1 is 0.400 bits per heavy atom. The van der Waals surface area contributed by atoms with Crippen LogP contribution in [0.5, 0.6) is 0 Å². The first-order chi connectivity index (χ1) is 19.6. The first kappa shape index (κ1) is 39.8. The molecular weight excluding hydrogens is 511 g/mol. The maximum atomic E-state index is 10.2.